The van der Waals surface area contributed by atoms with E-state index in [4.69, 9.17) is 9.40 Å². The van der Waals surface area contributed by atoms with Crippen LogP contribution in [0.1, 0.15) is 258 Å². The molecule has 0 unspecified atom stereocenters. The molecular formula is C59H98N3O+. The maximum atomic E-state index is 6.72. The van der Waals surface area contributed by atoms with Gasteiger partial charge in [-0.2, -0.15) is 0 Å². The number of rotatable bonds is 41. The molecule has 4 rings (SSSR count). The molecule has 2 aliphatic rings. The minimum atomic E-state index is 0.857. The molecule has 0 amide bonds. The highest BCUT2D eigenvalue weighted by atomic mass is 16.3. The van der Waals surface area contributed by atoms with E-state index < -0.39 is 0 Å². The molecule has 0 spiro atoms. The second-order valence-corrected chi connectivity index (χ2v) is 19.6. The average molecular weight is 865 g/mol. The van der Waals surface area contributed by atoms with Crippen LogP contribution >= 0.6 is 0 Å². The van der Waals surface area contributed by atoms with Crippen LogP contribution < -0.4 is 15.2 Å². The Hall–Kier alpha value is -2.88. The molecule has 0 bridgehead atoms. The van der Waals surface area contributed by atoms with Crippen molar-refractivity contribution in [2.75, 3.05) is 25.0 Å². The Bertz CT molecular complexity index is 1700. The van der Waals surface area contributed by atoms with Gasteiger partial charge in [-0.25, -0.2) is 9.56 Å². The van der Waals surface area contributed by atoms with Gasteiger partial charge in [0, 0.05) is 48.0 Å². The molecule has 0 fully saturated rings. The highest BCUT2D eigenvalue weighted by Crippen LogP contribution is 2.34. The molecule has 0 atom stereocenters. The van der Waals surface area contributed by atoms with Crippen LogP contribution in [0.25, 0.3) is 33.3 Å². The molecule has 1 heterocycles. The van der Waals surface area contributed by atoms with E-state index in [0.717, 1.165) is 59.7 Å². The van der Waals surface area contributed by atoms with Gasteiger partial charge < -0.3 is 9.73 Å². The van der Waals surface area contributed by atoms with Gasteiger partial charge in [0.2, 0.25) is 5.36 Å². The molecule has 0 radical (unpaired) electrons. The largest absolute Gasteiger partial charge is 0.452 e. The fourth-order valence-corrected chi connectivity index (χ4v) is 9.82. The molecule has 1 aliphatic carbocycles. The number of nitrogens with zero attached hydrogens (tertiary/aromatic N) is 2. The first-order valence-corrected chi connectivity index (χ1v) is 27.8. The second-order valence-electron chi connectivity index (χ2n) is 19.6. The van der Waals surface area contributed by atoms with E-state index in [1.54, 1.807) is 0 Å². The third-order valence-electron chi connectivity index (χ3n) is 13.9. The van der Waals surface area contributed by atoms with Crippen LogP contribution in [0.5, 0.6) is 0 Å². The Balaban J connectivity index is 1.21. The summed E-state index contributed by atoms with van der Waals surface area (Å²) in [7, 11) is 0. The van der Waals surface area contributed by atoms with Crippen molar-refractivity contribution in [3.8, 4) is 11.5 Å². The summed E-state index contributed by atoms with van der Waals surface area (Å²) in [6.07, 6.45) is 52.2. The molecule has 63 heavy (non-hydrogen) atoms. The van der Waals surface area contributed by atoms with Gasteiger partial charge in [0.25, 0.3) is 0 Å². The number of fused-ring (bicyclic) bond motifs is 4. The first-order valence-electron chi connectivity index (χ1n) is 27.8. The van der Waals surface area contributed by atoms with Crippen molar-refractivity contribution in [2.24, 2.45) is 0 Å². The molecule has 2 aromatic carbocycles. The van der Waals surface area contributed by atoms with Crippen LogP contribution in [0.2, 0.25) is 0 Å². The van der Waals surface area contributed by atoms with E-state index in [0.29, 0.717) is 0 Å². The van der Waals surface area contributed by atoms with E-state index in [9.17, 15) is 0 Å². The van der Waals surface area contributed by atoms with Crippen molar-refractivity contribution >= 4 is 27.6 Å². The Morgan fingerprint density at radius 3 is 1.24 bits per heavy atom. The molecule has 4 heteroatoms. The lowest BCUT2D eigenvalue weighted by atomic mass is 10.0. The van der Waals surface area contributed by atoms with Gasteiger partial charge in [0.05, 0.1) is 6.07 Å². The minimum absolute atomic E-state index is 0.857. The summed E-state index contributed by atoms with van der Waals surface area (Å²) < 4.78 is 9.38. The van der Waals surface area contributed by atoms with E-state index in [1.807, 2.05) is 0 Å². The normalized spacial score (nSPS) is 11.7. The Labute approximate surface area is 388 Å². The topological polar surface area (TPSA) is 41.1 Å². The minimum Gasteiger partial charge on any atom is -0.452 e. The van der Waals surface area contributed by atoms with Crippen molar-refractivity contribution in [1.29, 1.82) is 0 Å². The Morgan fingerprint density at radius 1 is 0.429 bits per heavy atom. The van der Waals surface area contributed by atoms with Gasteiger partial charge in [0.15, 0.2) is 11.3 Å². The van der Waals surface area contributed by atoms with Crippen molar-refractivity contribution < 1.29 is 4.42 Å². The highest BCUT2D eigenvalue weighted by Gasteiger charge is 2.16. The monoisotopic (exact) mass is 865 g/mol. The van der Waals surface area contributed by atoms with Crippen molar-refractivity contribution in [3.63, 3.8) is 0 Å². The zero-order valence-electron chi connectivity index (χ0n) is 41.7. The van der Waals surface area contributed by atoms with E-state index in [2.05, 4.69) is 79.2 Å². The van der Waals surface area contributed by atoms with Crippen molar-refractivity contribution in [2.45, 2.75) is 258 Å². The summed E-state index contributed by atoms with van der Waals surface area (Å²) in [6, 6.07) is 17.5. The van der Waals surface area contributed by atoms with E-state index in [1.165, 1.54) is 242 Å². The molecule has 0 aromatic heterocycles. The highest BCUT2D eigenvalue weighted by molar-refractivity contribution is 6.10. The van der Waals surface area contributed by atoms with Gasteiger partial charge in [-0.05, 0) is 25.3 Å². The van der Waals surface area contributed by atoms with Crippen LogP contribution in [0, 0.1) is 0 Å². The number of unbranched alkanes of at least 4 members (excludes halogenated alkanes) is 34. The van der Waals surface area contributed by atoms with Gasteiger partial charge in [-0.1, -0.05) is 251 Å². The summed E-state index contributed by atoms with van der Waals surface area (Å²) in [6.45, 7) is 10.0. The number of anilines is 1. The van der Waals surface area contributed by atoms with Gasteiger partial charge in [-0.3, -0.25) is 0 Å². The molecule has 2 aromatic rings. The van der Waals surface area contributed by atoms with Gasteiger partial charge in [-0.15, -0.1) is 0 Å². The van der Waals surface area contributed by atoms with Crippen LogP contribution in [0.3, 0.4) is 0 Å². The molecular weight excluding hydrogens is 767 g/mol. The van der Waals surface area contributed by atoms with Crippen LogP contribution in [0.4, 0.5) is 5.69 Å². The fourth-order valence-electron chi connectivity index (χ4n) is 9.82. The lowest BCUT2D eigenvalue weighted by Crippen LogP contribution is -2.32. The summed E-state index contributed by atoms with van der Waals surface area (Å²) in [5.74, 6) is 0.886. The Kier molecular flexibility index (Phi) is 29.6. The average Bonchev–Trinajstić information content (AvgIpc) is 3.31. The van der Waals surface area contributed by atoms with E-state index >= 15 is 0 Å². The molecule has 354 valence electrons. The number of nitrogens with one attached hydrogen (secondary N) is 1. The molecule has 4 nitrogen and oxygen atoms in total. The third kappa shape index (κ3) is 22.2. The van der Waals surface area contributed by atoms with Crippen LogP contribution in [0.15, 0.2) is 52.9 Å². The predicted octanol–water partition coefficient (Wildman–Crippen LogP) is 18.8. The molecule has 1 N–H and O–H groups in total. The maximum absolute atomic E-state index is 6.72. The molecule has 1 aliphatic heterocycles. The first kappa shape index (κ1) is 52.7. The zero-order chi connectivity index (χ0) is 44.3. The lowest BCUT2D eigenvalue weighted by molar-refractivity contribution is 0.482. The van der Waals surface area contributed by atoms with Crippen molar-refractivity contribution in [3.05, 3.63) is 53.9 Å². The van der Waals surface area contributed by atoms with Crippen LogP contribution in [-0.4, -0.2) is 24.6 Å². The van der Waals surface area contributed by atoms with Gasteiger partial charge >= 0.3 is 0 Å². The summed E-state index contributed by atoms with van der Waals surface area (Å²) >= 11 is 0. The lowest BCUT2D eigenvalue weighted by Gasteiger charge is -2.13. The van der Waals surface area contributed by atoms with E-state index in [-0.39, 0.29) is 0 Å². The predicted molar refractivity (Wildman–Crippen MR) is 279 cm³/mol. The summed E-state index contributed by atoms with van der Waals surface area (Å²) in [5, 5.41) is 7.28. The zero-order valence-corrected chi connectivity index (χ0v) is 41.7. The molecule has 0 saturated heterocycles. The molecule has 0 saturated carbocycles. The van der Waals surface area contributed by atoms with Crippen molar-refractivity contribution in [1.82, 2.24) is 9.56 Å². The van der Waals surface area contributed by atoms with Crippen LogP contribution in [-0.2, 0) is 0 Å². The quantitative estimate of drug-likeness (QED) is 0.0209. The summed E-state index contributed by atoms with van der Waals surface area (Å²) in [5.41, 5.74) is 3.87. The second kappa shape index (κ2) is 35.4. The number of benzene rings is 3. The fraction of sp³-hybridized carbons (Fsp3) is 0.729. The summed E-state index contributed by atoms with van der Waals surface area (Å²) in [4.78, 5) is 5.19. The standard InChI is InChI=1S/C59H97N3O/c1-4-7-9-11-13-15-17-19-21-23-25-27-29-31-33-35-37-41-48-62(49-42-38-36-34-32-30-28-26-24-22-20-18-16-14-12-10-8-5-2)52-45-46-55-57(50-52)63-58-51-56(60-47-6-3)53-43-39-40-44-54(53)59(58)61-55/h39-40,43-46,50-51H,4-38,41-42,47-49H2,1-3H3/p+1. The Morgan fingerprint density at radius 2 is 0.825 bits per heavy atom. The maximum Gasteiger partial charge on any atom is 0.203 e. The first-order chi connectivity index (χ1) is 31.2. The number of aromatic nitrogens is 1. The SMILES string of the molecule is CCCCCCCCCCCCCCCCCCCC[N+](CCCCCCCCCCCCCCCCCCCC)=c1ccc2nc3c(cc(NCCC)c4ccccc43)oc-2c1. The number of hydrogen-bond donors (Lipinski definition) is 1. The van der Waals surface area contributed by atoms with Gasteiger partial charge in [0.1, 0.15) is 24.3 Å². The smallest absolute Gasteiger partial charge is 0.203 e. The third-order valence-corrected chi connectivity index (χ3v) is 13.9. The number of hydrogen-bond acceptors (Lipinski definition) is 3.